The van der Waals surface area contributed by atoms with Crippen molar-refractivity contribution in [2.24, 2.45) is 0 Å². The van der Waals surface area contributed by atoms with Crippen LogP contribution < -0.4 is 4.74 Å². The molecule has 5 heteroatoms. The zero-order valence-corrected chi connectivity index (χ0v) is 18.3. The zero-order valence-electron chi connectivity index (χ0n) is 18.3. The van der Waals surface area contributed by atoms with Gasteiger partial charge in [-0.3, -0.25) is 9.97 Å². The van der Waals surface area contributed by atoms with Crippen molar-refractivity contribution in [2.75, 3.05) is 0 Å². The summed E-state index contributed by atoms with van der Waals surface area (Å²) in [4.78, 5) is 18.4. The van der Waals surface area contributed by atoms with Gasteiger partial charge < -0.3 is 4.74 Å². The molecule has 2 aromatic heterocycles. The molecule has 0 saturated heterocycles. The third-order valence-corrected chi connectivity index (χ3v) is 5.70. The molecule has 0 aliphatic heterocycles. The Labute approximate surface area is 196 Å². The van der Waals surface area contributed by atoms with Crippen LogP contribution >= 0.6 is 0 Å². The lowest BCUT2D eigenvalue weighted by Crippen LogP contribution is -1.96. The quantitative estimate of drug-likeness (QED) is 0.307. The van der Waals surface area contributed by atoms with Crippen LogP contribution in [-0.2, 0) is 6.61 Å². The number of nitrogens with zero attached hydrogens (tertiary/aromatic N) is 4. The van der Waals surface area contributed by atoms with Crippen molar-refractivity contribution in [1.29, 1.82) is 0 Å². The van der Waals surface area contributed by atoms with Gasteiger partial charge in [0.2, 0.25) is 0 Å². The summed E-state index contributed by atoms with van der Waals surface area (Å²) in [6, 6.07) is 31.9. The van der Waals surface area contributed by atoms with Gasteiger partial charge in [-0.15, -0.1) is 0 Å². The normalized spacial score (nSPS) is 11.1. The second kappa shape index (κ2) is 8.71. The van der Waals surface area contributed by atoms with Crippen molar-refractivity contribution < 1.29 is 4.74 Å². The second-order valence-electron chi connectivity index (χ2n) is 8.00. The van der Waals surface area contributed by atoms with Gasteiger partial charge in [-0.05, 0) is 54.1 Å². The lowest BCUT2D eigenvalue weighted by atomic mass is 10.1. The van der Waals surface area contributed by atoms with E-state index in [9.17, 15) is 0 Å². The largest absolute Gasteiger partial charge is 0.489 e. The third kappa shape index (κ3) is 4.07. The average Bonchev–Trinajstić information content (AvgIpc) is 2.92. The Bertz CT molecular complexity index is 1470. The summed E-state index contributed by atoms with van der Waals surface area (Å²) < 4.78 is 5.99. The maximum Gasteiger partial charge on any atom is 0.119 e. The van der Waals surface area contributed by atoms with Crippen molar-refractivity contribution in [3.8, 4) is 28.3 Å². The van der Waals surface area contributed by atoms with E-state index in [1.807, 2.05) is 79.0 Å². The molecule has 0 spiro atoms. The minimum absolute atomic E-state index is 0.485. The van der Waals surface area contributed by atoms with Crippen LogP contribution in [-0.4, -0.2) is 19.9 Å². The van der Waals surface area contributed by atoms with E-state index >= 15 is 0 Å². The van der Waals surface area contributed by atoms with Gasteiger partial charge in [-0.2, -0.15) is 0 Å². The Morgan fingerprint density at radius 1 is 0.500 bits per heavy atom. The van der Waals surface area contributed by atoms with Crippen molar-refractivity contribution in [3.05, 3.63) is 115 Å². The predicted molar refractivity (Wildman–Crippen MR) is 134 cm³/mol. The standard InChI is InChI=1S/C29H20N4O/c1-3-7-26-24(5-1)30-17-28(32-26)21-11-9-20(10-12-21)19-34-23-15-13-22(14-16-23)29-18-31-25-6-2-4-8-27(25)33-29/h1-18H,19H2. The molecule has 0 aliphatic carbocycles. The second-order valence-corrected chi connectivity index (χ2v) is 8.00. The maximum absolute atomic E-state index is 5.99. The molecule has 2 heterocycles. The molecule has 34 heavy (non-hydrogen) atoms. The fraction of sp³-hybridized carbons (Fsp3) is 0.0345. The monoisotopic (exact) mass is 440 g/mol. The van der Waals surface area contributed by atoms with Crippen LogP contribution in [0.25, 0.3) is 44.6 Å². The Morgan fingerprint density at radius 3 is 1.50 bits per heavy atom. The molecular weight excluding hydrogens is 420 g/mol. The highest BCUT2D eigenvalue weighted by atomic mass is 16.5. The highest BCUT2D eigenvalue weighted by Gasteiger charge is 2.05. The minimum atomic E-state index is 0.485. The smallest absolute Gasteiger partial charge is 0.119 e. The number of rotatable bonds is 5. The van der Waals surface area contributed by atoms with Gasteiger partial charge in [0.05, 0.1) is 45.8 Å². The van der Waals surface area contributed by atoms with Crippen LogP contribution in [0.3, 0.4) is 0 Å². The molecular formula is C29H20N4O. The van der Waals surface area contributed by atoms with Gasteiger partial charge in [0, 0.05) is 11.1 Å². The predicted octanol–water partition coefficient (Wildman–Crippen LogP) is 6.49. The van der Waals surface area contributed by atoms with Crippen LogP contribution in [0.1, 0.15) is 5.56 Å². The first-order valence-corrected chi connectivity index (χ1v) is 11.1. The van der Waals surface area contributed by atoms with Crippen LogP contribution in [0, 0.1) is 0 Å². The van der Waals surface area contributed by atoms with Crippen LogP contribution in [0.15, 0.2) is 109 Å². The SMILES string of the molecule is c1ccc2nc(-c3ccc(COc4ccc(-c5cnc6ccccc6n5)cc4)cc3)cnc2c1. The molecule has 5 nitrogen and oxygen atoms in total. The Kier molecular flexibility index (Phi) is 5.13. The Hall–Kier alpha value is -4.64. The van der Waals surface area contributed by atoms with Crippen molar-refractivity contribution in [2.45, 2.75) is 6.61 Å². The summed E-state index contributed by atoms with van der Waals surface area (Å²) in [5.74, 6) is 0.807. The number of aromatic nitrogens is 4. The molecule has 0 atom stereocenters. The molecule has 4 aromatic carbocycles. The van der Waals surface area contributed by atoms with Gasteiger partial charge >= 0.3 is 0 Å². The van der Waals surface area contributed by atoms with E-state index in [4.69, 9.17) is 14.7 Å². The number of hydrogen-bond acceptors (Lipinski definition) is 5. The number of benzene rings is 4. The fourth-order valence-electron chi connectivity index (χ4n) is 3.85. The summed E-state index contributed by atoms with van der Waals surface area (Å²) in [6.07, 6.45) is 3.62. The Morgan fingerprint density at radius 2 is 0.971 bits per heavy atom. The van der Waals surface area contributed by atoms with Crippen molar-refractivity contribution >= 4 is 22.1 Å². The van der Waals surface area contributed by atoms with E-state index < -0.39 is 0 Å². The fourth-order valence-corrected chi connectivity index (χ4v) is 3.85. The summed E-state index contributed by atoms with van der Waals surface area (Å²) in [5, 5.41) is 0. The minimum Gasteiger partial charge on any atom is -0.489 e. The molecule has 0 fully saturated rings. The maximum atomic E-state index is 5.99. The van der Waals surface area contributed by atoms with Gasteiger partial charge in [0.15, 0.2) is 0 Å². The summed E-state index contributed by atoms with van der Waals surface area (Å²) in [6.45, 7) is 0.485. The molecule has 0 aliphatic rings. The topological polar surface area (TPSA) is 60.8 Å². The number of hydrogen-bond donors (Lipinski definition) is 0. The van der Waals surface area contributed by atoms with Gasteiger partial charge in [0.25, 0.3) is 0 Å². The molecule has 0 saturated carbocycles. The van der Waals surface area contributed by atoms with Crippen molar-refractivity contribution in [1.82, 2.24) is 19.9 Å². The van der Waals surface area contributed by atoms with Gasteiger partial charge in [-0.25, -0.2) is 9.97 Å². The van der Waals surface area contributed by atoms with Crippen LogP contribution in [0.2, 0.25) is 0 Å². The third-order valence-electron chi connectivity index (χ3n) is 5.70. The molecule has 0 N–H and O–H groups in total. The molecule has 162 valence electrons. The number of fused-ring (bicyclic) bond motifs is 2. The first-order valence-electron chi connectivity index (χ1n) is 11.1. The summed E-state index contributed by atoms with van der Waals surface area (Å²) >= 11 is 0. The van der Waals surface area contributed by atoms with Gasteiger partial charge in [-0.1, -0.05) is 48.5 Å². The van der Waals surface area contributed by atoms with Gasteiger partial charge in [0.1, 0.15) is 12.4 Å². The zero-order chi connectivity index (χ0) is 22.7. The summed E-state index contributed by atoms with van der Waals surface area (Å²) in [7, 11) is 0. The van der Waals surface area contributed by atoms with Crippen molar-refractivity contribution in [3.63, 3.8) is 0 Å². The van der Waals surface area contributed by atoms with Crippen LogP contribution in [0.5, 0.6) is 5.75 Å². The lowest BCUT2D eigenvalue weighted by molar-refractivity contribution is 0.306. The van der Waals surface area contributed by atoms with E-state index in [1.54, 1.807) is 6.20 Å². The highest BCUT2D eigenvalue weighted by Crippen LogP contribution is 2.24. The number of ether oxygens (including phenoxy) is 1. The molecule has 0 unspecified atom stereocenters. The van der Waals surface area contributed by atoms with E-state index in [0.29, 0.717) is 6.61 Å². The van der Waals surface area contributed by atoms with E-state index in [1.165, 1.54) is 0 Å². The first kappa shape index (κ1) is 20.0. The first-order chi connectivity index (χ1) is 16.8. The van der Waals surface area contributed by atoms with E-state index in [2.05, 4.69) is 34.2 Å². The molecule has 0 bridgehead atoms. The lowest BCUT2D eigenvalue weighted by Gasteiger charge is -2.09. The Balaban J connectivity index is 1.13. The van der Waals surface area contributed by atoms with E-state index in [0.717, 1.165) is 55.9 Å². The number of para-hydroxylation sites is 4. The molecule has 6 aromatic rings. The molecule has 6 rings (SSSR count). The molecule has 0 amide bonds. The average molecular weight is 441 g/mol. The van der Waals surface area contributed by atoms with E-state index in [-0.39, 0.29) is 0 Å². The summed E-state index contributed by atoms with van der Waals surface area (Å²) in [5.41, 5.74) is 8.40. The molecule has 0 radical (unpaired) electrons. The van der Waals surface area contributed by atoms with Crippen LogP contribution in [0.4, 0.5) is 0 Å². The highest BCUT2D eigenvalue weighted by molar-refractivity contribution is 5.77.